The second-order valence-corrected chi connectivity index (χ2v) is 6.60. The molecule has 1 aromatic rings. The van der Waals surface area contributed by atoms with Crippen LogP contribution in [0.15, 0.2) is 17.5 Å². The normalized spacial score (nSPS) is 16.6. The fourth-order valence-corrected chi connectivity index (χ4v) is 3.01. The highest BCUT2D eigenvalue weighted by molar-refractivity contribution is 7.12. The molecule has 0 atom stereocenters. The molecule has 20 heavy (non-hydrogen) atoms. The minimum Gasteiger partial charge on any atom is -0.340 e. The van der Waals surface area contributed by atoms with Crippen molar-refractivity contribution in [2.75, 3.05) is 32.7 Å². The van der Waals surface area contributed by atoms with Gasteiger partial charge in [-0.15, -0.1) is 11.3 Å². The van der Waals surface area contributed by atoms with Gasteiger partial charge in [0.2, 0.25) is 5.91 Å². The van der Waals surface area contributed by atoms with E-state index in [1.807, 2.05) is 22.4 Å². The number of hydrogen-bond donors (Lipinski definition) is 0. The SMILES string of the molecule is CC(C)CC(=O)N1CCN(CC(=O)c2cccs2)CC1. The molecule has 4 nitrogen and oxygen atoms in total. The predicted octanol–water partition coefficient (Wildman–Crippen LogP) is 2.12. The van der Waals surface area contributed by atoms with Crippen LogP contribution in [-0.4, -0.2) is 54.2 Å². The molecule has 0 N–H and O–H groups in total. The first-order chi connectivity index (χ1) is 9.56. The van der Waals surface area contributed by atoms with E-state index in [9.17, 15) is 9.59 Å². The van der Waals surface area contributed by atoms with Gasteiger partial charge in [0.05, 0.1) is 11.4 Å². The Kier molecular flexibility index (Phi) is 5.31. The molecule has 1 fully saturated rings. The molecule has 1 amide bonds. The maximum Gasteiger partial charge on any atom is 0.222 e. The summed E-state index contributed by atoms with van der Waals surface area (Å²) in [5.41, 5.74) is 0. The van der Waals surface area contributed by atoms with Gasteiger partial charge in [0.25, 0.3) is 0 Å². The van der Waals surface area contributed by atoms with Crippen LogP contribution in [0.25, 0.3) is 0 Å². The van der Waals surface area contributed by atoms with Gasteiger partial charge in [0, 0.05) is 32.6 Å². The molecule has 0 saturated carbocycles. The Morgan fingerprint density at radius 1 is 1.25 bits per heavy atom. The molecule has 0 bridgehead atoms. The highest BCUT2D eigenvalue weighted by atomic mass is 32.1. The third-order valence-corrected chi connectivity index (χ3v) is 4.38. The summed E-state index contributed by atoms with van der Waals surface area (Å²) < 4.78 is 0. The number of piperazine rings is 1. The zero-order valence-electron chi connectivity index (χ0n) is 12.2. The van der Waals surface area contributed by atoms with E-state index < -0.39 is 0 Å². The highest BCUT2D eigenvalue weighted by Gasteiger charge is 2.23. The molecular formula is C15H22N2O2S. The van der Waals surface area contributed by atoms with Gasteiger partial charge in [-0.1, -0.05) is 19.9 Å². The minimum atomic E-state index is 0.182. The minimum absolute atomic E-state index is 0.182. The highest BCUT2D eigenvalue weighted by Crippen LogP contribution is 2.12. The molecule has 5 heteroatoms. The number of hydrogen-bond acceptors (Lipinski definition) is 4. The van der Waals surface area contributed by atoms with Gasteiger partial charge in [-0.05, 0) is 17.4 Å². The number of rotatable bonds is 5. The summed E-state index contributed by atoms with van der Waals surface area (Å²) in [6.07, 6.45) is 0.619. The average molecular weight is 294 g/mol. The molecule has 0 aliphatic carbocycles. The first-order valence-electron chi connectivity index (χ1n) is 7.13. The number of thiophene rings is 1. The van der Waals surface area contributed by atoms with Crippen LogP contribution in [0.5, 0.6) is 0 Å². The first-order valence-corrected chi connectivity index (χ1v) is 8.01. The van der Waals surface area contributed by atoms with Crippen LogP contribution in [0.1, 0.15) is 29.9 Å². The largest absolute Gasteiger partial charge is 0.340 e. The molecule has 1 aliphatic rings. The Hall–Kier alpha value is -1.20. The molecule has 1 aliphatic heterocycles. The summed E-state index contributed by atoms with van der Waals surface area (Å²) in [7, 11) is 0. The number of carbonyl (C=O) groups is 2. The third kappa shape index (κ3) is 4.15. The summed E-state index contributed by atoms with van der Waals surface area (Å²) >= 11 is 1.49. The van der Waals surface area contributed by atoms with Crippen molar-refractivity contribution in [1.29, 1.82) is 0 Å². The van der Waals surface area contributed by atoms with Crippen LogP contribution in [0.2, 0.25) is 0 Å². The van der Waals surface area contributed by atoms with Gasteiger partial charge in [0.15, 0.2) is 5.78 Å². The van der Waals surface area contributed by atoms with Gasteiger partial charge in [0.1, 0.15) is 0 Å². The summed E-state index contributed by atoms with van der Waals surface area (Å²) in [5, 5.41) is 1.93. The van der Waals surface area contributed by atoms with Crippen molar-refractivity contribution in [2.45, 2.75) is 20.3 Å². The van der Waals surface area contributed by atoms with Crippen molar-refractivity contribution in [3.05, 3.63) is 22.4 Å². The molecule has 2 heterocycles. The lowest BCUT2D eigenvalue weighted by Crippen LogP contribution is -2.50. The molecule has 0 unspecified atom stereocenters. The van der Waals surface area contributed by atoms with E-state index in [0.717, 1.165) is 31.1 Å². The molecule has 1 aromatic heterocycles. The lowest BCUT2D eigenvalue weighted by atomic mass is 10.1. The Morgan fingerprint density at radius 3 is 2.50 bits per heavy atom. The topological polar surface area (TPSA) is 40.6 Å². The molecule has 2 rings (SSSR count). The lowest BCUT2D eigenvalue weighted by Gasteiger charge is -2.34. The van der Waals surface area contributed by atoms with E-state index in [0.29, 0.717) is 18.9 Å². The Bertz CT molecular complexity index is 448. The van der Waals surface area contributed by atoms with Crippen LogP contribution in [-0.2, 0) is 4.79 Å². The Morgan fingerprint density at radius 2 is 1.95 bits per heavy atom. The Balaban J connectivity index is 1.77. The van der Waals surface area contributed by atoms with Gasteiger partial charge < -0.3 is 4.90 Å². The van der Waals surface area contributed by atoms with Crippen LogP contribution in [0, 0.1) is 5.92 Å². The van der Waals surface area contributed by atoms with E-state index in [4.69, 9.17) is 0 Å². The smallest absolute Gasteiger partial charge is 0.222 e. The van der Waals surface area contributed by atoms with Gasteiger partial charge >= 0.3 is 0 Å². The number of nitrogens with zero attached hydrogens (tertiary/aromatic N) is 2. The number of Topliss-reactive ketones (excluding diaryl/α,β-unsaturated/α-hetero) is 1. The van der Waals surface area contributed by atoms with Crippen molar-refractivity contribution in [1.82, 2.24) is 9.80 Å². The number of amides is 1. The van der Waals surface area contributed by atoms with Crippen molar-refractivity contribution in [3.8, 4) is 0 Å². The maximum atomic E-state index is 12.0. The summed E-state index contributed by atoms with van der Waals surface area (Å²) in [6.45, 7) is 7.66. The quantitative estimate of drug-likeness (QED) is 0.781. The van der Waals surface area contributed by atoms with Crippen molar-refractivity contribution < 1.29 is 9.59 Å². The first kappa shape index (κ1) is 15.2. The molecule has 0 radical (unpaired) electrons. The van der Waals surface area contributed by atoms with Crippen LogP contribution in [0.3, 0.4) is 0 Å². The van der Waals surface area contributed by atoms with Crippen LogP contribution in [0.4, 0.5) is 0 Å². The van der Waals surface area contributed by atoms with E-state index in [-0.39, 0.29) is 11.7 Å². The maximum absolute atomic E-state index is 12.0. The lowest BCUT2D eigenvalue weighted by molar-refractivity contribution is -0.133. The molecule has 110 valence electrons. The van der Waals surface area contributed by atoms with E-state index in [2.05, 4.69) is 18.7 Å². The summed E-state index contributed by atoms with van der Waals surface area (Å²) in [5.74, 6) is 0.826. The predicted molar refractivity (Wildman–Crippen MR) is 81.1 cm³/mol. The Labute approximate surface area is 124 Å². The van der Waals surface area contributed by atoms with E-state index in [1.165, 1.54) is 11.3 Å². The fourth-order valence-electron chi connectivity index (χ4n) is 2.35. The second kappa shape index (κ2) is 6.99. The molecule has 1 saturated heterocycles. The summed E-state index contributed by atoms with van der Waals surface area (Å²) in [4.78, 5) is 28.9. The van der Waals surface area contributed by atoms with Gasteiger partial charge in [-0.3, -0.25) is 14.5 Å². The monoisotopic (exact) mass is 294 g/mol. The number of carbonyl (C=O) groups excluding carboxylic acids is 2. The van der Waals surface area contributed by atoms with Crippen LogP contribution < -0.4 is 0 Å². The summed E-state index contributed by atoms with van der Waals surface area (Å²) in [6, 6.07) is 3.77. The zero-order valence-corrected chi connectivity index (χ0v) is 13.0. The average Bonchev–Trinajstić information content (AvgIpc) is 2.92. The van der Waals surface area contributed by atoms with E-state index in [1.54, 1.807) is 0 Å². The third-order valence-electron chi connectivity index (χ3n) is 3.47. The standard InChI is InChI=1S/C15H22N2O2S/c1-12(2)10-15(19)17-7-5-16(6-8-17)11-13(18)14-4-3-9-20-14/h3-4,9,12H,5-8,10-11H2,1-2H3. The molecule has 0 aromatic carbocycles. The van der Waals surface area contributed by atoms with Crippen molar-refractivity contribution in [2.24, 2.45) is 5.92 Å². The zero-order chi connectivity index (χ0) is 14.5. The van der Waals surface area contributed by atoms with Gasteiger partial charge in [-0.25, -0.2) is 0 Å². The molecular weight excluding hydrogens is 272 g/mol. The van der Waals surface area contributed by atoms with E-state index >= 15 is 0 Å². The molecule has 0 spiro atoms. The number of ketones is 1. The van der Waals surface area contributed by atoms with Crippen molar-refractivity contribution in [3.63, 3.8) is 0 Å². The second-order valence-electron chi connectivity index (χ2n) is 5.66. The van der Waals surface area contributed by atoms with Crippen molar-refractivity contribution >= 4 is 23.0 Å². The van der Waals surface area contributed by atoms with Gasteiger partial charge in [-0.2, -0.15) is 0 Å². The fraction of sp³-hybridized carbons (Fsp3) is 0.600. The van der Waals surface area contributed by atoms with Crippen LogP contribution >= 0.6 is 11.3 Å².